The first kappa shape index (κ1) is 13.5. The Labute approximate surface area is 108 Å². The summed E-state index contributed by atoms with van der Waals surface area (Å²) in [5.74, 6) is 0.393. The van der Waals surface area contributed by atoms with Crippen LogP contribution >= 0.6 is 0 Å². The number of ether oxygens (including phenoxy) is 1. The molecule has 2 unspecified atom stereocenters. The third-order valence-corrected chi connectivity index (χ3v) is 3.68. The standard InChI is InChI=1S/C15H22FNO/c1-11(17)15(13-8-4-5-9-14(13)16)18-10-12-6-2-3-7-12/h4-5,8-9,11-12,15H,2-3,6-7,10,17H2,1H3. The summed E-state index contributed by atoms with van der Waals surface area (Å²) in [5, 5.41) is 0. The number of nitrogens with two attached hydrogens (primary N) is 1. The van der Waals surface area contributed by atoms with E-state index >= 15 is 0 Å². The largest absolute Gasteiger partial charge is 0.372 e. The van der Waals surface area contributed by atoms with Gasteiger partial charge in [-0.1, -0.05) is 31.0 Å². The SMILES string of the molecule is CC(N)C(OCC1CCCC1)c1ccccc1F. The number of rotatable bonds is 5. The second-order valence-electron chi connectivity index (χ2n) is 5.29. The maximum atomic E-state index is 13.8. The van der Waals surface area contributed by atoms with Gasteiger partial charge in [-0.2, -0.15) is 0 Å². The number of halogens is 1. The van der Waals surface area contributed by atoms with E-state index in [4.69, 9.17) is 10.5 Å². The summed E-state index contributed by atoms with van der Waals surface area (Å²) in [6.45, 7) is 2.56. The monoisotopic (exact) mass is 251 g/mol. The molecule has 18 heavy (non-hydrogen) atoms. The fourth-order valence-corrected chi connectivity index (χ4v) is 2.65. The quantitative estimate of drug-likeness (QED) is 0.870. The van der Waals surface area contributed by atoms with Crippen molar-refractivity contribution in [2.45, 2.75) is 44.8 Å². The smallest absolute Gasteiger partial charge is 0.129 e. The lowest BCUT2D eigenvalue weighted by atomic mass is 10.0. The van der Waals surface area contributed by atoms with Crippen molar-refractivity contribution in [3.8, 4) is 0 Å². The highest BCUT2D eigenvalue weighted by Crippen LogP contribution is 2.29. The predicted octanol–water partition coefficient (Wildman–Crippen LogP) is 3.42. The molecule has 100 valence electrons. The van der Waals surface area contributed by atoms with Crippen molar-refractivity contribution in [3.63, 3.8) is 0 Å². The van der Waals surface area contributed by atoms with Gasteiger partial charge in [-0.15, -0.1) is 0 Å². The Morgan fingerprint density at radius 3 is 2.61 bits per heavy atom. The zero-order valence-electron chi connectivity index (χ0n) is 10.9. The van der Waals surface area contributed by atoms with Crippen LogP contribution in [0.2, 0.25) is 0 Å². The lowest BCUT2D eigenvalue weighted by molar-refractivity contribution is 0.0148. The van der Waals surface area contributed by atoms with Crippen LogP contribution in [0, 0.1) is 11.7 Å². The van der Waals surface area contributed by atoms with Crippen LogP contribution in [0.25, 0.3) is 0 Å². The normalized spacial score (nSPS) is 19.9. The van der Waals surface area contributed by atoms with Crippen LogP contribution in [0.3, 0.4) is 0 Å². The van der Waals surface area contributed by atoms with E-state index in [0.717, 1.165) is 0 Å². The van der Waals surface area contributed by atoms with Gasteiger partial charge in [0, 0.05) is 11.6 Å². The molecule has 2 nitrogen and oxygen atoms in total. The van der Waals surface area contributed by atoms with E-state index in [2.05, 4.69) is 0 Å². The summed E-state index contributed by atoms with van der Waals surface area (Å²) < 4.78 is 19.7. The fourth-order valence-electron chi connectivity index (χ4n) is 2.65. The molecule has 1 fully saturated rings. The Morgan fingerprint density at radius 2 is 2.00 bits per heavy atom. The Kier molecular flexibility index (Phi) is 4.72. The average molecular weight is 251 g/mol. The van der Waals surface area contributed by atoms with Crippen molar-refractivity contribution in [2.24, 2.45) is 11.7 Å². The van der Waals surface area contributed by atoms with Crippen molar-refractivity contribution in [2.75, 3.05) is 6.61 Å². The molecule has 0 aliphatic heterocycles. The van der Waals surface area contributed by atoms with Crippen LogP contribution < -0.4 is 5.73 Å². The van der Waals surface area contributed by atoms with Gasteiger partial charge < -0.3 is 10.5 Å². The van der Waals surface area contributed by atoms with E-state index in [1.54, 1.807) is 12.1 Å². The van der Waals surface area contributed by atoms with Gasteiger partial charge in [-0.05, 0) is 31.7 Å². The van der Waals surface area contributed by atoms with E-state index < -0.39 is 0 Å². The van der Waals surface area contributed by atoms with Crippen molar-refractivity contribution in [3.05, 3.63) is 35.6 Å². The highest BCUT2D eigenvalue weighted by molar-refractivity contribution is 5.21. The summed E-state index contributed by atoms with van der Waals surface area (Å²) in [6.07, 6.45) is 4.69. The molecular weight excluding hydrogens is 229 g/mol. The molecule has 2 N–H and O–H groups in total. The maximum Gasteiger partial charge on any atom is 0.129 e. The minimum Gasteiger partial charge on any atom is -0.372 e. The van der Waals surface area contributed by atoms with Gasteiger partial charge in [0.15, 0.2) is 0 Å². The molecule has 0 radical (unpaired) electrons. The third-order valence-electron chi connectivity index (χ3n) is 3.68. The molecule has 1 aromatic rings. The molecule has 0 saturated heterocycles. The highest BCUT2D eigenvalue weighted by Gasteiger charge is 2.23. The van der Waals surface area contributed by atoms with Gasteiger partial charge in [-0.25, -0.2) is 4.39 Å². The first-order valence-corrected chi connectivity index (χ1v) is 6.80. The van der Waals surface area contributed by atoms with Gasteiger partial charge in [0.2, 0.25) is 0 Å². The van der Waals surface area contributed by atoms with Gasteiger partial charge in [0.1, 0.15) is 11.9 Å². The van der Waals surface area contributed by atoms with Crippen molar-refractivity contribution >= 4 is 0 Å². The zero-order valence-corrected chi connectivity index (χ0v) is 10.9. The summed E-state index contributed by atoms with van der Waals surface area (Å²) in [7, 11) is 0. The number of hydrogen-bond acceptors (Lipinski definition) is 2. The fraction of sp³-hybridized carbons (Fsp3) is 0.600. The van der Waals surface area contributed by atoms with E-state index in [1.807, 2.05) is 13.0 Å². The zero-order chi connectivity index (χ0) is 13.0. The molecule has 0 heterocycles. The average Bonchev–Trinajstić information content (AvgIpc) is 2.84. The Balaban J connectivity index is 2.01. The molecule has 1 aliphatic carbocycles. The molecule has 2 rings (SSSR count). The van der Waals surface area contributed by atoms with Crippen LogP contribution in [0.4, 0.5) is 4.39 Å². The molecule has 0 aromatic heterocycles. The molecule has 1 aromatic carbocycles. The Morgan fingerprint density at radius 1 is 1.33 bits per heavy atom. The van der Waals surface area contributed by atoms with E-state index in [0.29, 0.717) is 18.1 Å². The minimum absolute atomic E-state index is 0.205. The Hall–Kier alpha value is -0.930. The van der Waals surface area contributed by atoms with Crippen LogP contribution in [0.15, 0.2) is 24.3 Å². The second kappa shape index (κ2) is 6.30. The first-order chi connectivity index (χ1) is 8.68. The number of hydrogen-bond donors (Lipinski definition) is 1. The highest BCUT2D eigenvalue weighted by atomic mass is 19.1. The molecule has 0 amide bonds. The lowest BCUT2D eigenvalue weighted by Crippen LogP contribution is -2.29. The maximum absolute atomic E-state index is 13.8. The van der Waals surface area contributed by atoms with Crippen molar-refractivity contribution in [1.82, 2.24) is 0 Å². The van der Waals surface area contributed by atoms with Gasteiger partial charge >= 0.3 is 0 Å². The van der Waals surface area contributed by atoms with Crippen molar-refractivity contribution < 1.29 is 9.13 Å². The van der Waals surface area contributed by atoms with Crippen LogP contribution in [0.5, 0.6) is 0 Å². The second-order valence-corrected chi connectivity index (χ2v) is 5.29. The molecule has 0 bridgehead atoms. The molecule has 1 aliphatic rings. The first-order valence-electron chi connectivity index (χ1n) is 6.80. The number of benzene rings is 1. The molecule has 1 saturated carbocycles. The summed E-state index contributed by atoms with van der Waals surface area (Å²) in [4.78, 5) is 0. The van der Waals surface area contributed by atoms with Crippen LogP contribution in [0.1, 0.15) is 44.3 Å². The van der Waals surface area contributed by atoms with Gasteiger partial charge in [0.05, 0.1) is 6.61 Å². The molecule has 3 heteroatoms. The Bertz CT molecular complexity index is 375. The van der Waals surface area contributed by atoms with Crippen LogP contribution in [-0.4, -0.2) is 12.6 Å². The van der Waals surface area contributed by atoms with Gasteiger partial charge in [0.25, 0.3) is 0 Å². The van der Waals surface area contributed by atoms with Gasteiger partial charge in [-0.3, -0.25) is 0 Å². The lowest BCUT2D eigenvalue weighted by Gasteiger charge is -2.24. The minimum atomic E-state index is -0.341. The van der Waals surface area contributed by atoms with E-state index in [1.165, 1.54) is 31.7 Å². The van der Waals surface area contributed by atoms with Crippen LogP contribution in [-0.2, 0) is 4.74 Å². The topological polar surface area (TPSA) is 35.2 Å². The van der Waals surface area contributed by atoms with E-state index in [-0.39, 0.29) is 18.0 Å². The predicted molar refractivity (Wildman–Crippen MR) is 70.7 cm³/mol. The summed E-state index contributed by atoms with van der Waals surface area (Å²) in [6, 6.07) is 6.53. The summed E-state index contributed by atoms with van der Waals surface area (Å²) in [5.41, 5.74) is 6.51. The molecular formula is C15H22FNO. The summed E-state index contributed by atoms with van der Waals surface area (Å²) >= 11 is 0. The molecule has 2 atom stereocenters. The third kappa shape index (κ3) is 3.30. The van der Waals surface area contributed by atoms with E-state index in [9.17, 15) is 4.39 Å². The van der Waals surface area contributed by atoms with Crippen molar-refractivity contribution in [1.29, 1.82) is 0 Å². The molecule has 0 spiro atoms.